The molecule has 2 rings (SSSR count). The average molecular weight is 448 g/mol. The first kappa shape index (κ1) is 23.4. The number of carbonyl (C=O) groups is 1. The first-order chi connectivity index (χ1) is 14.3. The van der Waals surface area contributed by atoms with Crippen LogP contribution < -0.4 is 20.1 Å². The first-order valence-electron chi connectivity index (χ1n) is 9.20. The number of methoxy groups -OCH3 is 1. The lowest BCUT2D eigenvalue weighted by atomic mass is 10.1. The molecule has 0 aliphatic rings. The van der Waals surface area contributed by atoms with Crippen LogP contribution in [0.25, 0.3) is 6.08 Å². The Morgan fingerprint density at radius 2 is 1.87 bits per heavy atom. The van der Waals surface area contributed by atoms with Crippen molar-refractivity contribution >= 4 is 39.3 Å². The molecule has 0 bridgehead atoms. The lowest BCUT2D eigenvalue weighted by molar-refractivity contribution is -0.117. The van der Waals surface area contributed by atoms with Crippen LogP contribution in [-0.2, 0) is 21.2 Å². The summed E-state index contributed by atoms with van der Waals surface area (Å²) in [4.78, 5) is 12.3. The zero-order chi connectivity index (χ0) is 22.1. The number of rotatable bonds is 8. The molecule has 0 aromatic heterocycles. The molecule has 0 aliphatic heterocycles. The Labute approximate surface area is 182 Å². The summed E-state index contributed by atoms with van der Waals surface area (Å²) in [7, 11) is -0.983. The van der Waals surface area contributed by atoms with Gasteiger partial charge in [-0.2, -0.15) is 0 Å². The summed E-state index contributed by atoms with van der Waals surface area (Å²) in [6.07, 6.45) is 2.26. The van der Waals surface area contributed by atoms with Crippen LogP contribution >= 0.6 is 12.2 Å². The number of hydrogen-bond donors (Lipinski definition) is 3. The molecular formula is C21H25N3O4S2. The van der Waals surface area contributed by atoms with E-state index in [4.69, 9.17) is 17.0 Å². The van der Waals surface area contributed by atoms with E-state index >= 15 is 0 Å². The zero-order valence-corrected chi connectivity index (χ0v) is 18.7. The van der Waals surface area contributed by atoms with Gasteiger partial charge in [-0.15, -0.1) is 0 Å². The van der Waals surface area contributed by atoms with E-state index in [2.05, 4.69) is 15.4 Å². The highest BCUT2D eigenvalue weighted by Gasteiger charge is 2.21. The number of thiocarbonyl (C=S) groups is 1. The van der Waals surface area contributed by atoms with Gasteiger partial charge in [-0.25, -0.2) is 8.42 Å². The fraction of sp³-hybridized carbons (Fsp3) is 0.238. The first-order valence-corrected chi connectivity index (χ1v) is 11.1. The number of ether oxygens (including phenoxy) is 1. The predicted octanol–water partition coefficient (Wildman–Crippen LogP) is 2.24. The zero-order valence-electron chi connectivity index (χ0n) is 17.1. The number of nitrogens with one attached hydrogen (secondary N) is 3. The van der Waals surface area contributed by atoms with E-state index in [1.54, 1.807) is 19.1 Å². The molecule has 0 radical (unpaired) electrons. The molecule has 3 N–H and O–H groups in total. The summed E-state index contributed by atoms with van der Waals surface area (Å²) >= 11 is 4.89. The van der Waals surface area contributed by atoms with E-state index in [0.717, 1.165) is 11.1 Å². The minimum absolute atomic E-state index is 0.0182. The van der Waals surface area contributed by atoms with E-state index in [9.17, 15) is 13.2 Å². The van der Waals surface area contributed by atoms with Gasteiger partial charge in [0.15, 0.2) is 5.11 Å². The van der Waals surface area contributed by atoms with Crippen molar-refractivity contribution in [2.45, 2.75) is 18.2 Å². The molecule has 0 saturated carbocycles. The van der Waals surface area contributed by atoms with E-state index in [1.807, 2.05) is 36.4 Å². The summed E-state index contributed by atoms with van der Waals surface area (Å²) in [5, 5.41) is 5.39. The molecular weight excluding hydrogens is 422 g/mol. The quantitative estimate of drug-likeness (QED) is 0.424. The minimum atomic E-state index is -3.90. The third-order valence-corrected chi connectivity index (χ3v) is 6.02. The van der Waals surface area contributed by atoms with Gasteiger partial charge in [-0.05, 0) is 54.9 Å². The summed E-state index contributed by atoms with van der Waals surface area (Å²) in [5.74, 6) is 0.0251. The molecule has 0 atom stereocenters. The molecule has 1 amide bonds. The van der Waals surface area contributed by atoms with Gasteiger partial charge in [0.05, 0.1) is 7.11 Å². The van der Waals surface area contributed by atoms with E-state index in [1.165, 1.54) is 20.2 Å². The third kappa shape index (κ3) is 6.57. The molecule has 0 unspecified atom stereocenters. The number of benzene rings is 2. The summed E-state index contributed by atoms with van der Waals surface area (Å²) in [6, 6.07) is 14.4. The smallest absolute Gasteiger partial charge is 0.267 e. The van der Waals surface area contributed by atoms with Crippen LogP contribution in [0.2, 0.25) is 0 Å². The monoisotopic (exact) mass is 447 g/mol. The van der Waals surface area contributed by atoms with Crippen molar-refractivity contribution in [1.29, 1.82) is 0 Å². The summed E-state index contributed by atoms with van der Waals surface area (Å²) < 4.78 is 32.6. The molecule has 0 spiro atoms. The highest BCUT2D eigenvalue weighted by Crippen LogP contribution is 2.25. The lowest BCUT2D eigenvalue weighted by Gasteiger charge is -2.13. The molecule has 0 aliphatic carbocycles. The van der Waals surface area contributed by atoms with E-state index < -0.39 is 10.0 Å². The molecule has 7 nitrogen and oxygen atoms in total. The van der Waals surface area contributed by atoms with Crippen molar-refractivity contribution in [2.75, 3.05) is 20.7 Å². The van der Waals surface area contributed by atoms with Crippen LogP contribution in [-0.4, -0.2) is 40.1 Å². The van der Waals surface area contributed by atoms with E-state index in [-0.39, 0.29) is 21.7 Å². The van der Waals surface area contributed by atoms with Crippen molar-refractivity contribution in [3.63, 3.8) is 0 Å². The SMILES string of the molecule is CNC(=S)NS(=O)(=O)c1cc(CCNC(=O)C(C)=Cc2ccccc2)ccc1OC. The van der Waals surface area contributed by atoms with Crippen molar-refractivity contribution in [1.82, 2.24) is 15.4 Å². The Morgan fingerprint density at radius 1 is 1.17 bits per heavy atom. The maximum Gasteiger partial charge on any atom is 0.267 e. The fourth-order valence-corrected chi connectivity index (χ4v) is 4.15. The second-order valence-corrected chi connectivity index (χ2v) is 8.47. The molecule has 0 fully saturated rings. The largest absolute Gasteiger partial charge is 0.495 e. The maximum absolute atomic E-state index is 12.6. The normalized spacial score (nSPS) is 11.5. The van der Waals surface area contributed by atoms with E-state index in [0.29, 0.717) is 18.5 Å². The number of carbonyl (C=O) groups excluding carboxylic acids is 1. The number of sulfonamides is 1. The van der Waals surface area contributed by atoms with Gasteiger partial charge >= 0.3 is 0 Å². The maximum atomic E-state index is 12.6. The molecule has 9 heteroatoms. The van der Waals surface area contributed by atoms with Gasteiger partial charge < -0.3 is 15.4 Å². The van der Waals surface area contributed by atoms with Crippen LogP contribution in [0.1, 0.15) is 18.1 Å². The molecule has 2 aromatic rings. The fourth-order valence-electron chi connectivity index (χ4n) is 2.64. The van der Waals surface area contributed by atoms with Crippen molar-refractivity contribution < 1.29 is 17.9 Å². The van der Waals surface area contributed by atoms with Gasteiger partial charge in [-0.3, -0.25) is 9.52 Å². The summed E-state index contributed by atoms with van der Waals surface area (Å²) in [6.45, 7) is 2.10. The second kappa shape index (κ2) is 10.7. The molecule has 0 heterocycles. The second-order valence-electron chi connectivity index (χ2n) is 6.41. The lowest BCUT2D eigenvalue weighted by Crippen LogP contribution is -2.37. The van der Waals surface area contributed by atoms with Crippen LogP contribution in [0.15, 0.2) is 59.0 Å². The highest BCUT2D eigenvalue weighted by atomic mass is 32.2. The number of hydrogen-bond acceptors (Lipinski definition) is 5. The molecule has 160 valence electrons. The Hall–Kier alpha value is -2.91. The van der Waals surface area contributed by atoms with Crippen molar-refractivity contribution in [2.24, 2.45) is 0 Å². The van der Waals surface area contributed by atoms with Gasteiger partial charge in [0.25, 0.3) is 10.0 Å². The Bertz CT molecular complexity index is 1040. The van der Waals surface area contributed by atoms with Crippen LogP contribution in [0.3, 0.4) is 0 Å². The predicted molar refractivity (Wildman–Crippen MR) is 122 cm³/mol. The van der Waals surface area contributed by atoms with Crippen LogP contribution in [0.5, 0.6) is 5.75 Å². The van der Waals surface area contributed by atoms with Crippen LogP contribution in [0, 0.1) is 0 Å². The van der Waals surface area contributed by atoms with Gasteiger partial charge in [0.2, 0.25) is 5.91 Å². The Kier molecular flexibility index (Phi) is 8.37. The Balaban J connectivity index is 2.06. The van der Waals surface area contributed by atoms with Crippen molar-refractivity contribution in [3.8, 4) is 5.75 Å². The van der Waals surface area contributed by atoms with Gasteiger partial charge in [0, 0.05) is 19.2 Å². The molecule has 0 saturated heterocycles. The average Bonchev–Trinajstić information content (AvgIpc) is 2.73. The third-order valence-electron chi connectivity index (χ3n) is 4.21. The standard InChI is InChI=1S/C21H25N3O4S2/c1-15(13-16-7-5-4-6-8-16)20(25)23-12-11-17-9-10-18(28-3)19(14-17)30(26,27)24-21(29)22-2/h4-10,13-14H,11-12H2,1-3H3,(H,23,25)(H2,22,24,29). The van der Waals surface area contributed by atoms with Crippen molar-refractivity contribution in [3.05, 3.63) is 65.2 Å². The highest BCUT2D eigenvalue weighted by molar-refractivity contribution is 7.92. The molecule has 2 aromatic carbocycles. The van der Waals surface area contributed by atoms with Gasteiger partial charge in [-0.1, -0.05) is 36.4 Å². The number of amides is 1. The van der Waals surface area contributed by atoms with Crippen LogP contribution in [0.4, 0.5) is 0 Å². The topological polar surface area (TPSA) is 96.5 Å². The van der Waals surface area contributed by atoms with Gasteiger partial charge in [0.1, 0.15) is 10.6 Å². The Morgan fingerprint density at radius 3 is 2.50 bits per heavy atom. The summed E-state index contributed by atoms with van der Waals surface area (Å²) in [5.41, 5.74) is 2.27. The minimum Gasteiger partial charge on any atom is -0.495 e. The molecule has 30 heavy (non-hydrogen) atoms.